The molecular formula is C7H4Br2N4O. The molecule has 0 spiro atoms. The summed E-state index contributed by atoms with van der Waals surface area (Å²) >= 11 is 6.70. The highest BCUT2D eigenvalue weighted by Gasteiger charge is 2.13. The molecule has 1 heterocycles. The predicted octanol–water partition coefficient (Wildman–Crippen LogP) is 1.49. The van der Waals surface area contributed by atoms with E-state index in [2.05, 4.69) is 47.4 Å². The molecule has 0 saturated heterocycles. The first-order valence-electron chi connectivity index (χ1n) is 3.69. The van der Waals surface area contributed by atoms with Crippen LogP contribution in [0.3, 0.4) is 0 Å². The molecule has 0 N–H and O–H groups in total. The first-order chi connectivity index (χ1) is 6.61. The number of halogens is 2. The van der Waals surface area contributed by atoms with Crippen LogP contribution in [0.1, 0.15) is 5.56 Å². The van der Waals surface area contributed by atoms with E-state index in [-0.39, 0.29) is 0 Å². The summed E-state index contributed by atoms with van der Waals surface area (Å²) in [6.45, 7) is 1.91. The summed E-state index contributed by atoms with van der Waals surface area (Å²) in [4.78, 5) is 0.442. The fraction of sp³-hybridized carbons (Fsp3) is 0.143. The minimum atomic E-state index is 0.379. The van der Waals surface area contributed by atoms with Gasteiger partial charge in [-0.3, -0.25) is 0 Å². The third-order valence-electron chi connectivity index (χ3n) is 1.87. The maximum atomic E-state index is 11.3. The number of hydrogen-bond donors (Lipinski definition) is 0. The quantitative estimate of drug-likeness (QED) is 0.545. The van der Waals surface area contributed by atoms with Crippen molar-refractivity contribution in [2.75, 3.05) is 0 Å². The Balaban J connectivity index is 2.98. The largest absolute Gasteiger partial charge is 0.691 e. The summed E-state index contributed by atoms with van der Waals surface area (Å²) in [7, 11) is 0. The smallest absolute Gasteiger partial charge is 0.204 e. The van der Waals surface area contributed by atoms with E-state index in [0.29, 0.717) is 15.9 Å². The lowest BCUT2D eigenvalue weighted by Gasteiger charge is -2.05. The Morgan fingerprint density at radius 1 is 1.43 bits per heavy atom. The second kappa shape index (κ2) is 3.39. The van der Waals surface area contributed by atoms with Gasteiger partial charge in [0.25, 0.3) is 0 Å². The van der Waals surface area contributed by atoms with Crippen molar-refractivity contribution in [3.63, 3.8) is 0 Å². The lowest BCUT2D eigenvalue weighted by molar-refractivity contribution is -0.649. The maximum absolute atomic E-state index is 11.3. The molecule has 72 valence electrons. The second-order valence-corrected chi connectivity index (χ2v) is 4.36. The van der Waals surface area contributed by atoms with Gasteiger partial charge in [0.05, 0.1) is 4.47 Å². The highest BCUT2D eigenvalue weighted by Crippen LogP contribution is 2.29. The molecule has 0 saturated carbocycles. The van der Waals surface area contributed by atoms with Crippen LogP contribution in [0.25, 0.3) is 11.0 Å². The van der Waals surface area contributed by atoms with Gasteiger partial charge in [-0.05, 0) is 33.5 Å². The third kappa shape index (κ3) is 1.36. The molecule has 0 aliphatic heterocycles. The fourth-order valence-corrected chi connectivity index (χ4v) is 2.26. The van der Waals surface area contributed by atoms with Crippen molar-refractivity contribution >= 4 is 42.9 Å². The topological polar surface area (TPSA) is 65.6 Å². The Kier molecular flexibility index (Phi) is 2.36. The normalized spacial score (nSPS) is 10.8. The van der Waals surface area contributed by atoms with E-state index in [9.17, 15) is 5.21 Å². The molecule has 7 heteroatoms. The summed E-state index contributed by atoms with van der Waals surface area (Å²) in [6.07, 6.45) is 0. The number of fused-ring (bicyclic) bond motifs is 1. The van der Waals surface area contributed by atoms with Crippen molar-refractivity contribution in [3.05, 3.63) is 25.8 Å². The van der Waals surface area contributed by atoms with Crippen LogP contribution in [0.2, 0.25) is 0 Å². The lowest BCUT2D eigenvalue weighted by atomic mass is 10.2. The summed E-state index contributed by atoms with van der Waals surface area (Å²) in [6, 6.07) is 1.67. The van der Waals surface area contributed by atoms with Crippen molar-refractivity contribution in [1.82, 2.24) is 15.5 Å². The SMILES string of the molecule is Cc1c(Br)cc2c(nnn[n+]2[O-])c1Br. The monoisotopic (exact) mass is 318 g/mol. The molecule has 2 aromatic rings. The van der Waals surface area contributed by atoms with Gasteiger partial charge in [-0.1, -0.05) is 15.9 Å². The highest BCUT2D eigenvalue weighted by atomic mass is 79.9. The van der Waals surface area contributed by atoms with Crippen LogP contribution in [0, 0.1) is 12.1 Å². The van der Waals surface area contributed by atoms with Gasteiger partial charge in [-0.2, -0.15) is 0 Å². The van der Waals surface area contributed by atoms with E-state index in [1.807, 2.05) is 6.92 Å². The Hall–Kier alpha value is -0.820. The molecule has 5 nitrogen and oxygen atoms in total. The van der Waals surface area contributed by atoms with Crippen LogP contribution in [0.5, 0.6) is 0 Å². The molecule has 14 heavy (non-hydrogen) atoms. The van der Waals surface area contributed by atoms with E-state index >= 15 is 0 Å². The lowest BCUT2D eigenvalue weighted by Crippen LogP contribution is -2.33. The zero-order valence-electron chi connectivity index (χ0n) is 7.03. The van der Waals surface area contributed by atoms with Gasteiger partial charge < -0.3 is 5.21 Å². The van der Waals surface area contributed by atoms with Crippen molar-refractivity contribution in [2.24, 2.45) is 0 Å². The maximum Gasteiger partial charge on any atom is 0.204 e. The van der Waals surface area contributed by atoms with E-state index in [1.54, 1.807) is 6.07 Å². The standard InChI is InChI=1S/C7H4Br2N4O/c1-3-4(8)2-5-7(6(3)9)10-11-12-13(5)14/h2H,1H3. The predicted molar refractivity (Wildman–Crippen MR) is 56.4 cm³/mol. The van der Waals surface area contributed by atoms with Crippen LogP contribution in [0.15, 0.2) is 15.0 Å². The summed E-state index contributed by atoms with van der Waals surface area (Å²) in [5, 5.41) is 21.7. The number of nitrogens with zero attached hydrogens (tertiary/aromatic N) is 4. The number of rotatable bonds is 0. The fourth-order valence-electron chi connectivity index (χ4n) is 1.08. The van der Waals surface area contributed by atoms with Gasteiger partial charge in [0.15, 0.2) is 16.2 Å². The zero-order valence-corrected chi connectivity index (χ0v) is 10.2. The Morgan fingerprint density at radius 2 is 2.14 bits per heavy atom. The molecule has 0 aliphatic carbocycles. The van der Waals surface area contributed by atoms with Gasteiger partial charge in [0.2, 0.25) is 5.21 Å². The minimum Gasteiger partial charge on any atom is -0.691 e. The van der Waals surface area contributed by atoms with E-state index < -0.39 is 0 Å². The molecule has 0 aliphatic rings. The Bertz CT molecular complexity index is 517. The first kappa shape index (κ1) is 9.72. The number of aromatic nitrogens is 4. The number of hydrogen-bond acceptors (Lipinski definition) is 4. The van der Waals surface area contributed by atoms with Crippen LogP contribution in [-0.4, -0.2) is 15.5 Å². The van der Waals surface area contributed by atoms with Crippen molar-refractivity contribution in [2.45, 2.75) is 6.92 Å². The summed E-state index contributed by atoms with van der Waals surface area (Å²) in [5.74, 6) is 0. The van der Waals surface area contributed by atoms with Crippen molar-refractivity contribution in [1.29, 1.82) is 0 Å². The van der Waals surface area contributed by atoms with Gasteiger partial charge in [-0.15, -0.1) is 4.85 Å². The second-order valence-electron chi connectivity index (χ2n) is 2.72. The average Bonchev–Trinajstić information content (AvgIpc) is 2.17. The van der Waals surface area contributed by atoms with Gasteiger partial charge in [0.1, 0.15) is 0 Å². The highest BCUT2D eigenvalue weighted by molar-refractivity contribution is 9.11. The molecular weight excluding hydrogens is 316 g/mol. The molecule has 0 unspecified atom stereocenters. The van der Waals surface area contributed by atoms with Crippen LogP contribution in [0.4, 0.5) is 0 Å². The van der Waals surface area contributed by atoms with Crippen molar-refractivity contribution < 1.29 is 4.85 Å². The van der Waals surface area contributed by atoms with Crippen molar-refractivity contribution in [3.8, 4) is 0 Å². The number of benzene rings is 1. The summed E-state index contributed by atoms with van der Waals surface area (Å²) in [5.41, 5.74) is 1.86. The van der Waals surface area contributed by atoms with E-state index in [1.165, 1.54) is 0 Å². The van der Waals surface area contributed by atoms with Gasteiger partial charge >= 0.3 is 0 Å². The molecule has 1 aromatic carbocycles. The molecule has 0 radical (unpaired) electrons. The van der Waals surface area contributed by atoms with Crippen LogP contribution in [-0.2, 0) is 0 Å². The summed E-state index contributed by atoms with van der Waals surface area (Å²) < 4.78 is 1.58. The molecule has 0 fully saturated rings. The Morgan fingerprint density at radius 3 is 2.86 bits per heavy atom. The van der Waals surface area contributed by atoms with Crippen LogP contribution >= 0.6 is 31.9 Å². The molecule has 0 amide bonds. The average molecular weight is 320 g/mol. The van der Waals surface area contributed by atoms with E-state index in [4.69, 9.17) is 0 Å². The molecule has 1 aromatic heterocycles. The zero-order chi connectivity index (χ0) is 10.3. The van der Waals surface area contributed by atoms with Gasteiger partial charge in [0, 0.05) is 10.5 Å². The molecule has 0 atom stereocenters. The Labute approximate surface area is 96.0 Å². The third-order valence-corrected chi connectivity index (χ3v) is 3.67. The van der Waals surface area contributed by atoms with Gasteiger partial charge in [-0.25, -0.2) is 0 Å². The van der Waals surface area contributed by atoms with E-state index in [0.717, 1.165) is 14.5 Å². The first-order valence-corrected chi connectivity index (χ1v) is 5.27. The minimum absolute atomic E-state index is 0.379. The molecule has 2 rings (SSSR count). The van der Waals surface area contributed by atoms with Crippen LogP contribution < -0.4 is 4.85 Å². The molecule has 0 bridgehead atoms.